The van der Waals surface area contributed by atoms with E-state index in [0.717, 1.165) is 12.2 Å². The number of rotatable bonds is 2. The maximum Gasteiger partial charge on any atom is 0.0560 e. The molecule has 2 heterocycles. The van der Waals surface area contributed by atoms with Crippen LogP contribution in [0.3, 0.4) is 0 Å². The lowest BCUT2D eigenvalue weighted by Gasteiger charge is -2.39. The standard InChI is InChI=1S/C12H19N3S/c1-9-10(2)16-6-5-15(9)12-3-4-14-11(7-12)8-13/h3-4,7,9-10H,5-6,8,13H2,1-2H3. The Balaban J connectivity index is 2.21. The summed E-state index contributed by atoms with van der Waals surface area (Å²) in [5, 5.41) is 0.684. The van der Waals surface area contributed by atoms with Crippen LogP contribution in [0.2, 0.25) is 0 Å². The molecule has 2 N–H and O–H groups in total. The first-order chi connectivity index (χ1) is 7.72. The zero-order valence-electron chi connectivity index (χ0n) is 9.89. The van der Waals surface area contributed by atoms with Gasteiger partial charge in [-0.3, -0.25) is 4.98 Å². The zero-order chi connectivity index (χ0) is 11.5. The molecule has 1 aliphatic heterocycles. The third-order valence-corrected chi connectivity index (χ3v) is 4.56. The number of hydrogen-bond acceptors (Lipinski definition) is 4. The monoisotopic (exact) mass is 237 g/mol. The lowest BCUT2D eigenvalue weighted by Crippen LogP contribution is -2.44. The van der Waals surface area contributed by atoms with Crippen LogP contribution in [0.1, 0.15) is 19.5 Å². The van der Waals surface area contributed by atoms with Crippen LogP contribution < -0.4 is 10.6 Å². The smallest absolute Gasteiger partial charge is 0.0560 e. The molecule has 2 atom stereocenters. The minimum Gasteiger partial charge on any atom is -0.367 e. The van der Waals surface area contributed by atoms with Gasteiger partial charge in [0, 0.05) is 42.0 Å². The van der Waals surface area contributed by atoms with Gasteiger partial charge >= 0.3 is 0 Å². The topological polar surface area (TPSA) is 42.2 Å². The molecule has 1 aliphatic rings. The van der Waals surface area contributed by atoms with Gasteiger partial charge in [-0.1, -0.05) is 6.92 Å². The van der Waals surface area contributed by atoms with Crippen LogP contribution >= 0.6 is 11.8 Å². The third kappa shape index (κ3) is 2.33. The number of nitrogens with zero attached hydrogens (tertiary/aromatic N) is 2. The summed E-state index contributed by atoms with van der Waals surface area (Å²) in [6, 6.07) is 4.77. The number of nitrogens with two attached hydrogens (primary N) is 1. The number of thioether (sulfide) groups is 1. The molecule has 16 heavy (non-hydrogen) atoms. The first kappa shape index (κ1) is 11.7. The van der Waals surface area contributed by atoms with Gasteiger partial charge in [-0.05, 0) is 19.1 Å². The molecule has 0 saturated carbocycles. The number of hydrogen-bond donors (Lipinski definition) is 1. The average molecular weight is 237 g/mol. The molecule has 0 spiro atoms. The van der Waals surface area contributed by atoms with E-state index in [2.05, 4.69) is 47.6 Å². The van der Waals surface area contributed by atoms with Crippen molar-refractivity contribution in [3.63, 3.8) is 0 Å². The third-order valence-electron chi connectivity index (χ3n) is 3.22. The predicted octanol–water partition coefficient (Wildman–Crippen LogP) is 1.87. The molecule has 3 nitrogen and oxygen atoms in total. The van der Waals surface area contributed by atoms with E-state index in [1.165, 1.54) is 11.4 Å². The summed E-state index contributed by atoms with van der Waals surface area (Å²) in [4.78, 5) is 6.70. The molecule has 0 amide bonds. The summed E-state index contributed by atoms with van der Waals surface area (Å²) in [5.74, 6) is 1.20. The minimum absolute atomic E-state index is 0.514. The van der Waals surface area contributed by atoms with Crippen molar-refractivity contribution in [2.45, 2.75) is 31.7 Å². The number of aromatic nitrogens is 1. The molecule has 2 rings (SSSR count). The van der Waals surface area contributed by atoms with E-state index in [9.17, 15) is 0 Å². The molecule has 2 unspecified atom stereocenters. The summed E-state index contributed by atoms with van der Waals surface area (Å²) < 4.78 is 0. The quantitative estimate of drug-likeness (QED) is 0.852. The Morgan fingerprint density at radius 3 is 3.12 bits per heavy atom. The highest BCUT2D eigenvalue weighted by Crippen LogP contribution is 2.28. The molecule has 0 aliphatic carbocycles. The molecular weight excluding hydrogens is 218 g/mol. The average Bonchev–Trinajstić information content (AvgIpc) is 2.33. The predicted molar refractivity (Wildman–Crippen MR) is 70.9 cm³/mol. The van der Waals surface area contributed by atoms with E-state index in [1.807, 2.05) is 6.20 Å². The Kier molecular flexibility index (Phi) is 3.71. The van der Waals surface area contributed by atoms with Gasteiger partial charge in [0.25, 0.3) is 0 Å². The van der Waals surface area contributed by atoms with E-state index in [1.54, 1.807) is 0 Å². The molecule has 1 aromatic heterocycles. The van der Waals surface area contributed by atoms with Crippen LogP contribution in [-0.2, 0) is 6.54 Å². The van der Waals surface area contributed by atoms with Crippen LogP contribution in [0.25, 0.3) is 0 Å². The van der Waals surface area contributed by atoms with E-state index in [4.69, 9.17) is 5.73 Å². The second-order valence-electron chi connectivity index (χ2n) is 4.22. The Morgan fingerprint density at radius 1 is 1.56 bits per heavy atom. The zero-order valence-corrected chi connectivity index (χ0v) is 10.7. The van der Waals surface area contributed by atoms with Gasteiger partial charge in [-0.25, -0.2) is 0 Å². The van der Waals surface area contributed by atoms with Gasteiger partial charge in [-0.2, -0.15) is 11.8 Å². The van der Waals surface area contributed by atoms with Gasteiger partial charge in [0.05, 0.1) is 5.69 Å². The fourth-order valence-corrected chi connectivity index (χ4v) is 3.15. The summed E-state index contributed by atoms with van der Waals surface area (Å²) in [6.45, 7) is 6.22. The van der Waals surface area contributed by atoms with Crippen molar-refractivity contribution in [1.29, 1.82) is 0 Å². The summed E-state index contributed by atoms with van der Waals surface area (Å²) in [6.07, 6.45) is 1.86. The summed E-state index contributed by atoms with van der Waals surface area (Å²) in [5.41, 5.74) is 7.85. The molecule has 0 aromatic carbocycles. The molecule has 1 saturated heterocycles. The molecule has 88 valence electrons. The van der Waals surface area contributed by atoms with Gasteiger partial charge in [0.1, 0.15) is 0 Å². The van der Waals surface area contributed by atoms with Crippen molar-refractivity contribution in [2.24, 2.45) is 5.73 Å². The van der Waals surface area contributed by atoms with Crippen molar-refractivity contribution >= 4 is 17.4 Å². The van der Waals surface area contributed by atoms with E-state index >= 15 is 0 Å². The van der Waals surface area contributed by atoms with Gasteiger partial charge in [-0.15, -0.1) is 0 Å². The highest BCUT2D eigenvalue weighted by Gasteiger charge is 2.25. The minimum atomic E-state index is 0.514. The Labute approximate surface area is 101 Å². The summed E-state index contributed by atoms with van der Waals surface area (Å²) in [7, 11) is 0. The van der Waals surface area contributed by atoms with Crippen LogP contribution in [0.15, 0.2) is 18.3 Å². The molecule has 0 bridgehead atoms. The van der Waals surface area contributed by atoms with Crippen molar-refractivity contribution in [1.82, 2.24) is 4.98 Å². The normalized spacial score (nSPS) is 25.8. The number of anilines is 1. The van der Waals surface area contributed by atoms with E-state index < -0.39 is 0 Å². The Morgan fingerprint density at radius 2 is 2.38 bits per heavy atom. The fourth-order valence-electron chi connectivity index (χ4n) is 2.05. The maximum atomic E-state index is 5.63. The second kappa shape index (κ2) is 5.06. The van der Waals surface area contributed by atoms with Crippen LogP contribution in [0, 0.1) is 0 Å². The first-order valence-corrected chi connectivity index (χ1v) is 6.80. The highest BCUT2D eigenvalue weighted by molar-refractivity contribution is 8.00. The van der Waals surface area contributed by atoms with E-state index in [0.29, 0.717) is 17.8 Å². The summed E-state index contributed by atoms with van der Waals surface area (Å²) >= 11 is 2.05. The Bertz CT molecular complexity index is 356. The van der Waals surface area contributed by atoms with Crippen molar-refractivity contribution in [3.05, 3.63) is 24.0 Å². The molecule has 0 radical (unpaired) electrons. The fraction of sp³-hybridized carbons (Fsp3) is 0.583. The highest BCUT2D eigenvalue weighted by atomic mass is 32.2. The lowest BCUT2D eigenvalue weighted by atomic mass is 10.1. The van der Waals surface area contributed by atoms with Crippen molar-refractivity contribution in [2.75, 3.05) is 17.2 Å². The molecule has 1 aromatic rings. The van der Waals surface area contributed by atoms with E-state index in [-0.39, 0.29) is 0 Å². The molecule has 1 fully saturated rings. The van der Waals surface area contributed by atoms with Gasteiger partial charge in [0.2, 0.25) is 0 Å². The van der Waals surface area contributed by atoms with Crippen LogP contribution in [-0.4, -0.2) is 28.6 Å². The van der Waals surface area contributed by atoms with Crippen LogP contribution in [0.4, 0.5) is 5.69 Å². The van der Waals surface area contributed by atoms with Gasteiger partial charge in [0.15, 0.2) is 0 Å². The van der Waals surface area contributed by atoms with Gasteiger partial charge < -0.3 is 10.6 Å². The SMILES string of the molecule is CC1SCCN(c2ccnc(CN)c2)C1C. The largest absolute Gasteiger partial charge is 0.367 e. The lowest BCUT2D eigenvalue weighted by molar-refractivity contribution is 0.626. The van der Waals surface area contributed by atoms with Crippen molar-refractivity contribution in [3.8, 4) is 0 Å². The Hall–Kier alpha value is -0.740. The second-order valence-corrected chi connectivity index (χ2v) is 5.70. The maximum absolute atomic E-state index is 5.63. The van der Waals surface area contributed by atoms with Crippen LogP contribution in [0.5, 0.6) is 0 Å². The first-order valence-electron chi connectivity index (χ1n) is 5.75. The van der Waals surface area contributed by atoms with Crippen molar-refractivity contribution < 1.29 is 0 Å². The molecule has 4 heteroatoms. The molecular formula is C12H19N3S. The number of pyridine rings is 1.